The Morgan fingerprint density at radius 3 is 2.38 bits per heavy atom. The molecule has 6 heteroatoms. The van der Waals surface area contributed by atoms with Gasteiger partial charge in [0.15, 0.2) is 0 Å². The Bertz CT molecular complexity index is 790. The summed E-state index contributed by atoms with van der Waals surface area (Å²) in [6, 6.07) is 18.7. The molecule has 1 amide bonds. The van der Waals surface area contributed by atoms with Gasteiger partial charge in [0.1, 0.15) is 10.8 Å². The maximum absolute atomic E-state index is 12.7. The highest BCUT2D eigenvalue weighted by atomic mass is 32.1. The van der Waals surface area contributed by atoms with Gasteiger partial charge in [-0.05, 0) is 18.6 Å². The topological polar surface area (TPSA) is 64.1 Å². The largest absolute Gasteiger partial charge is 0.476 e. The standard InChI is InChI=1S/C18H17N3O2S/c1-2-15-20-21-18(24-15)19-17(22)16(13-9-5-3-6-10-13)23-14-11-7-4-8-12-14/h3-12,16H,2H2,1H3,(H,19,21,22). The first-order chi connectivity index (χ1) is 11.8. The Balaban J connectivity index is 1.82. The number of nitrogens with zero attached hydrogens (tertiary/aromatic N) is 2. The molecule has 0 radical (unpaired) electrons. The van der Waals surface area contributed by atoms with Crippen LogP contribution in [0.15, 0.2) is 60.7 Å². The van der Waals surface area contributed by atoms with Crippen molar-refractivity contribution in [2.24, 2.45) is 0 Å². The summed E-state index contributed by atoms with van der Waals surface area (Å²) in [5.74, 6) is 0.358. The van der Waals surface area contributed by atoms with E-state index in [0.29, 0.717) is 10.9 Å². The van der Waals surface area contributed by atoms with Crippen molar-refractivity contribution in [3.05, 3.63) is 71.2 Å². The number of amides is 1. The third-order valence-electron chi connectivity index (χ3n) is 3.34. The molecule has 0 aliphatic rings. The van der Waals surface area contributed by atoms with Gasteiger partial charge in [-0.25, -0.2) is 0 Å². The second-order valence-electron chi connectivity index (χ2n) is 5.07. The van der Waals surface area contributed by atoms with E-state index in [1.54, 1.807) is 0 Å². The van der Waals surface area contributed by atoms with E-state index in [1.807, 2.05) is 67.6 Å². The van der Waals surface area contributed by atoms with Crippen LogP contribution in [-0.2, 0) is 11.2 Å². The predicted octanol–water partition coefficient (Wildman–Crippen LogP) is 3.86. The lowest BCUT2D eigenvalue weighted by Crippen LogP contribution is -2.25. The number of benzene rings is 2. The Labute approximate surface area is 144 Å². The van der Waals surface area contributed by atoms with Crippen LogP contribution in [0.3, 0.4) is 0 Å². The highest BCUT2D eigenvalue weighted by Crippen LogP contribution is 2.24. The van der Waals surface area contributed by atoms with E-state index in [-0.39, 0.29) is 5.91 Å². The summed E-state index contributed by atoms with van der Waals surface area (Å²) >= 11 is 1.37. The van der Waals surface area contributed by atoms with Crippen molar-refractivity contribution in [3.63, 3.8) is 0 Å². The first-order valence-corrected chi connectivity index (χ1v) is 8.48. The SMILES string of the molecule is CCc1nnc(NC(=O)C(Oc2ccccc2)c2ccccc2)s1. The zero-order valence-corrected chi connectivity index (χ0v) is 14.0. The maximum Gasteiger partial charge on any atom is 0.272 e. The summed E-state index contributed by atoms with van der Waals surface area (Å²) in [6.45, 7) is 2.00. The lowest BCUT2D eigenvalue weighted by atomic mass is 10.1. The van der Waals surface area contributed by atoms with Crippen molar-refractivity contribution in [3.8, 4) is 5.75 Å². The van der Waals surface area contributed by atoms with Gasteiger partial charge in [-0.2, -0.15) is 0 Å². The molecule has 1 N–H and O–H groups in total. The van der Waals surface area contributed by atoms with Gasteiger partial charge in [0.05, 0.1) is 0 Å². The van der Waals surface area contributed by atoms with Crippen LogP contribution >= 0.6 is 11.3 Å². The Morgan fingerprint density at radius 2 is 1.75 bits per heavy atom. The number of anilines is 1. The monoisotopic (exact) mass is 339 g/mol. The number of hydrogen-bond donors (Lipinski definition) is 1. The molecule has 1 atom stereocenters. The van der Waals surface area contributed by atoms with Crippen molar-refractivity contribution in [1.82, 2.24) is 10.2 Å². The van der Waals surface area contributed by atoms with Gasteiger partial charge in [0.2, 0.25) is 11.2 Å². The average Bonchev–Trinajstić information content (AvgIpc) is 3.09. The van der Waals surface area contributed by atoms with E-state index in [1.165, 1.54) is 11.3 Å². The first kappa shape index (κ1) is 16.1. The molecule has 3 aromatic rings. The fourth-order valence-electron chi connectivity index (χ4n) is 2.15. The summed E-state index contributed by atoms with van der Waals surface area (Å²) in [5.41, 5.74) is 0.777. The van der Waals surface area contributed by atoms with Crippen molar-refractivity contribution < 1.29 is 9.53 Å². The summed E-state index contributed by atoms with van der Waals surface area (Å²) in [5, 5.41) is 12.2. The second kappa shape index (κ2) is 7.70. The Hall–Kier alpha value is -2.73. The van der Waals surface area contributed by atoms with Crippen LogP contribution in [0.4, 0.5) is 5.13 Å². The van der Waals surface area contributed by atoms with Gasteiger partial charge >= 0.3 is 0 Å². The van der Waals surface area contributed by atoms with Crippen LogP contribution in [0.2, 0.25) is 0 Å². The van der Waals surface area contributed by atoms with E-state index in [4.69, 9.17) is 4.74 Å². The van der Waals surface area contributed by atoms with E-state index in [2.05, 4.69) is 15.5 Å². The van der Waals surface area contributed by atoms with Gasteiger partial charge in [0, 0.05) is 5.56 Å². The van der Waals surface area contributed by atoms with E-state index < -0.39 is 6.10 Å². The Kier molecular flexibility index (Phi) is 5.18. The molecular formula is C18H17N3O2S. The molecular weight excluding hydrogens is 322 g/mol. The van der Waals surface area contributed by atoms with Crippen LogP contribution in [0.5, 0.6) is 5.75 Å². The summed E-state index contributed by atoms with van der Waals surface area (Å²) in [6.07, 6.45) is 0.0264. The molecule has 0 aliphatic heterocycles. The Morgan fingerprint density at radius 1 is 1.08 bits per heavy atom. The molecule has 122 valence electrons. The maximum atomic E-state index is 12.7. The number of carbonyl (C=O) groups is 1. The number of ether oxygens (including phenoxy) is 1. The summed E-state index contributed by atoms with van der Waals surface area (Å²) in [7, 11) is 0. The number of hydrogen-bond acceptors (Lipinski definition) is 5. The minimum Gasteiger partial charge on any atom is -0.476 e. The fourth-order valence-corrected chi connectivity index (χ4v) is 2.84. The second-order valence-corrected chi connectivity index (χ2v) is 6.13. The third kappa shape index (κ3) is 3.97. The quantitative estimate of drug-likeness (QED) is 0.741. The van der Waals surface area contributed by atoms with Gasteiger partial charge in [-0.1, -0.05) is 66.8 Å². The van der Waals surface area contributed by atoms with Gasteiger partial charge in [-0.15, -0.1) is 10.2 Å². The van der Waals surface area contributed by atoms with Crippen LogP contribution in [0.25, 0.3) is 0 Å². The molecule has 0 bridgehead atoms. The normalized spacial score (nSPS) is 11.7. The third-order valence-corrected chi connectivity index (χ3v) is 4.32. The fraction of sp³-hybridized carbons (Fsp3) is 0.167. The minimum atomic E-state index is -0.762. The van der Waals surface area contributed by atoms with E-state index in [0.717, 1.165) is 17.0 Å². The predicted molar refractivity (Wildman–Crippen MR) is 94.2 cm³/mol. The van der Waals surface area contributed by atoms with Crippen LogP contribution in [-0.4, -0.2) is 16.1 Å². The molecule has 3 rings (SSSR count). The van der Waals surface area contributed by atoms with Crippen molar-refractivity contribution in [2.45, 2.75) is 19.4 Å². The van der Waals surface area contributed by atoms with Gasteiger partial charge in [-0.3, -0.25) is 10.1 Å². The van der Waals surface area contributed by atoms with Gasteiger partial charge in [0.25, 0.3) is 5.91 Å². The zero-order valence-electron chi connectivity index (χ0n) is 13.2. The van der Waals surface area contributed by atoms with Gasteiger partial charge < -0.3 is 4.74 Å². The molecule has 0 fully saturated rings. The molecule has 0 saturated heterocycles. The van der Waals surface area contributed by atoms with Crippen molar-refractivity contribution in [1.29, 1.82) is 0 Å². The molecule has 0 saturated carbocycles. The van der Waals surface area contributed by atoms with Crippen LogP contribution in [0, 0.1) is 0 Å². The molecule has 5 nitrogen and oxygen atoms in total. The smallest absolute Gasteiger partial charge is 0.272 e. The number of carbonyl (C=O) groups excluding carboxylic acids is 1. The number of nitrogens with one attached hydrogen (secondary N) is 1. The molecule has 24 heavy (non-hydrogen) atoms. The molecule has 2 aromatic carbocycles. The van der Waals surface area contributed by atoms with Crippen molar-refractivity contribution in [2.75, 3.05) is 5.32 Å². The summed E-state index contributed by atoms with van der Waals surface area (Å²) < 4.78 is 5.91. The number of rotatable bonds is 6. The molecule has 1 unspecified atom stereocenters. The van der Waals surface area contributed by atoms with E-state index >= 15 is 0 Å². The molecule has 1 heterocycles. The number of aromatic nitrogens is 2. The molecule has 1 aromatic heterocycles. The number of para-hydroxylation sites is 1. The zero-order chi connectivity index (χ0) is 16.8. The van der Waals surface area contributed by atoms with Crippen molar-refractivity contribution >= 4 is 22.4 Å². The van der Waals surface area contributed by atoms with E-state index in [9.17, 15) is 4.79 Å². The lowest BCUT2D eigenvalue weighted by Gasteiger charge is -2.18. The number of aryl methyl sites for hydroxylation is 1. The molecule has 0 aliphatic carbocycles. The lowest BCUT2D eigenvalue weighted by molar-refractivity contribution is -0.123. The summed E-state index contributed by atoms with van der Waals surface area (Å²) in [4.78, 5) is 12.7. The van der Waals surface area contributed by atoms with Crippen LogP contribution < -0.4 is 10.1 Å². The average molecular weight is 339 g/mol. The highest BCUT2D eigenvalue weighted by molar-refractivity contribution is 7.15. The molecule has 0 spiro atoms. The minimum absolute atomic E-state index is 0.274. The first-order valence-electron chi connectivity index (χ1n) is 7.66. The highest BCUT2D eigenvalue weighted by Gasteiger charge is 2.23. The van der Waals surface area contributed by atoms with Crippen LogP contribution in [0.1, 0.15) is 23.6 Å².